The molecule has 0 amide bonds. The number of carboxylic acid groups (broad SMARTS) is 1. The van der Waals surface area contributed by atoms with E-state index in [1.165, 1.54) is 0 Å². The van der Waals surface area contributed by atoms with Crippen molar-refractivity contribution in [1.82, 2.24) is 14.6 Å². The lowest BCUT2D eigenvalue weighted by atomic mass is 10.0. The quantitative estimate of drug-likeness (QED) is 0.741. The van der Waals surface area contributed by atoms with Gasteiger partial charge in [-0.2, -0.15) is 4.98 Å². The van der Waals surface area contributed by atoms with Crippen molar-refractivity contribution in [2.24, 2.45) is 0 Å². The number of nitrogens with two attached hydrogens (primary N) is 1. The first-order valence-electron chi connectivity index (χ1n) is 6.01. The van der Waals surface area contributed by atoms with Crippen molar-refractivity contribution in [3.63, 3.8) is 0 Å². The van der Waals surface area contributed by atoms with Gasteiger partial charge in [0.2, 0.25) is 5.95 Å². The first kappa shape index (κ1) is 12.2. The Hall–Kier alpha value is -2.89. The molecule has 3 rings (SSSR count). The van der Waals surface area contributed by atoms with Gasteiger partial charge in [-0.25, -0.2) is 9.31 Å². The van der Waals surface area contributed by atoms with Gasteiger partial charge in [-0.1, -0.05) is 12.1 Å². The highest BCUT2D eigenvalue weighted by atomic mass is 16.4. The van der Waals surface area contributed by atoms with E-state index < -0.39 is 5.97 Å². The van der Waals surface area contributed by atoms with Crippen molar-refractivity contribution in [2.75, 3.05) is 5.73 Å². The van der Waals surface area contributed by atoms with E-state index in [9.17, 15) is 4.79 Å². The molecule has 0 radical (unpaired) electrons. The predicted octanol–water partition coefficient (Wildman–Crippen LogP) is 1.99. The number of nitrogens with zero attached hydrogens (tertiary/aromatic N) is 3. The molecule has 0 saturated heterocycles. The Morgan fingerprint density at radius 1 is 1.30 bits per heavy atom. The van der Waals surface area contributed by atoms with Gasteiger partial charge in [0.1, 0.15) is 0 Å². The fourth-order valence-electron chi connectivity index (χ4n) is 2.14. The van der Waals surface area contributed by atoms with Crippen LogP contribution in [0.25, 0.3) is 16.8 Å². The molecule has 0 unspecified atom stereocenters. The van der Waals surface area contributed by atoms with Crippen molar-refractivity contribution in [2.45, 2.75) is 6.92 Å². The number of pyridine rings is 1. The zero-order chi connectivity index (χ0) is 14.3. The van der Waals surface area contributed by atoms with Crippen molar-refractivity contribution in [3.8, 4) is 11.1 Å². The van der Waals surface area contributed by atoms with Gasteiger partial charge >= 0.3 is 5.97 Å². The molecule has 6 nitrogen and oxygen atoms in total. The summed E-state index contributed by atoms with van der Waals surface area (Å²) in [6.07, 6.45) is 1.84. The van der Waals surface area contributed by atoms with Gasteiger partial charge in [-0.05, 0) is 36.2 Å². The fraction of sp³-hybridized carbons (Fsp3) is 0.0714. The Morgan fingerprint density at radius 2 is 2.00 bits per heavy atom. The molecule has 0 saturated carbocycles. The summed E-state index contributed by atoms with van der Waals surface area (Å²) in [6.45, 7) is 1.96. The van der Waals surface area contributed by atoms with Gasteiger partial charge in [0.05, 0.1) is 5.56 Å². The number of nitrogen functional groups attached to an aromatic ring is 1. The Labute approximate surface area is 114 Å². The van der Waals surface area contributed by atoms with Crippen LogP contribution in [0.1, 0.15) is 15.9 Å². The fourth-order valence-corrected chi connectivity index (χ4v) is 2.14. The number of aryl methyl sites for hydroxylation is 1. The molecule has 0 aliphatic carbocycles. The molecule has 0 fully saturated rings. The van der Waals surface area contributed by atoms with Gasteiger partial charge < -0.3 is 10.8 Å². The van der Waals surface area contributed by atoms with Crippen LogP contribution in [0.2, 0.25) is 0 Å². The number of hydrogen-bond donors (Lipinski definition) is 2. The van der Waals surface area contributed by atoms with Crippen LogP contribution in [0.5, 0.6) is 0 Å². The number of carbonyl (C=O) groups is 1. The van der Waals surface area contributed by atoms with E-state index in [0.29, 0.717) is 5.65 Å². The van der Waals surface area contributed by atoms with E-state index in [1.807, 2.05) is 19.2 Å². The standard InChI is InChI=1S/C14H12N4O2/c1-8-6-12-16-14(15)17-18(12)7-11(8)9-2-4-10(5-3-9)13(19)20/h2-7H,1H3,(H2,15,17)(H,19,20). The Kier molecular flexibility index (Phi) is 2.64. The van der Waals surface area contributed by atoms with Crippen LogP contribution < -0.4 is 5.73 Å². The Morgan fingerprint density at radius 3 is 2.65 bits per heavy atom. The molecule has 3 N–H and O–H groups in total. The van der Waals surface area contributed by atoms with Gasteiger partial charge in [0, 0.05) is 11.8 Å². The average Bonchev–Trinajstić information content (AvgIpc) is 2.77. The number of aromatic nitrogens is 3. The lowest BCUT2D eigenvalue weighted by Gasteiger charge is -2.07. The first-order chi connectivity index (χ1) is 9.54. The molecule has 0 aliphatic heterocycles. The molecule has 1 aromatic carbocycles. The molecule has 6 heteroatoms. The maximum Gasteiger partial charge on any atom is 0.335 e. The van der Waals surface area contributed by atoms with Gasteiger partial charge in [-0.3, -0.25) is 0 Å². The van der Waals surface area contributed by atoms with Gasteiger partial charge in [0.15, 0.2) is 5.65 Å². The third-order valence-corrected chi connectivity index (χ3v) is 3.14. The number of aromatic carboxylic acids is 1. The third-order valence-electron chi connectivity index (χ3n) is 3.14. The van der Waals surface area contributed by atoms with Gasteiger partial charge in [0.25, 0.3) is 0 Å². The van der Waals surface area contributed by atoms with Gasteiger partial charge in [-0.15, -0.1) is 5.10 Å². The smallest absolute Gasteiger partial charge is 0.335 e. The molecule has 0 aliphatic rings. The third kappa shape index (κ3) is 1.97. The van der Waals surface area contributed by atoms with Crippen molar-refractivity contribution >= 4 is 17.6 Å². The summed E-state index contributed by atoms with van der Waals surface area (Å²) < 4.78 is 1.61. The molecule has 2 heterocycles. The zero-order valence-corrected chi connectivity index (χ0v) is 10.7. The largest absolute Gasteiger partial charge is 0.478 e. The summed E-state index contributed by atoms with van der Waals surface area (Å²) in [5, 5.41) is 13.0. The summed E-state index contributed by atoms with van der Waals surface area (Å²) in [5.41, 5.74) is 9.42. The van der Waals surface area contributed by atoms with Crippen LogP contribution in [0.4, 0.5) is 5.95 Å². The second kappa shape index (κ2) is 4.34. The number of anilines is 1. The molecule has 2 aromatic heterocycles. The molecule has 0 bridgehead atoms. The van der Waals surface area contributed by atoms with E-state index in [1.54, 1.807) is 28.8 Å². The van der Waals surface area contributed by atoms with E-state index in [-0.39, 0.29) is 11.5 Å². The highest BCUT2D eigenvalue weighted by molar-refractivity contribution is 5.88. The van der Waals surface area contributed by atoms with E-state index >= 15 is 0 Å². The summed E-state index contributed by atoms with van der Waals surface area (Å²) in [7, 11) is 0. The minimum Gasteiger partial charge on any atom is -0.478 e. The minimum absolute atomic E-state index is 0.225. The molecule has 100 valence electrons. The SMILES string of the molecule is Cc1cc2nc(N)nn2cc1-c1ccc(C(=O)O)cc1. The van der Waals surface area contributed by atoms with Crippen LogP contribution in [0, 0.1) is 6.92 Å². The highest BCUT2D eigenvalue weighted by Crippen LogP contribution is 2.24. The van der Waals surface area contributed by atoms with Crippen molar-refractivity contribution in [3.05, 3.63) is 47.7 Å². The lowest BCUT2D eigenvalue weighted by molar-refractivity contribution is 0.0697. The van der Waals surface area contributed by atoms with E-state index in [2.05, 4.69) is 10.1 Å². The van der Waals surface area contributed by atoms with Crippen LogP contribution in [-0.2, 0) is 0 Å². The molecular formula is C14H12N4O2. The highest BCUT2D eigenvalue weighted by Gasteiger charge is 2.08. The molecule has 3 aromatic rings. The second-order valence-corrected chi connectivity index (χ2v) is 4.53. The first-order valence-corrected chi connectivity index (χ1v) is 6.01. The molecule has 0 atom stereocenters. The zero-order valence-electron chi connectivity index (χ0n) is 10.7. The number of benzene rings is 1. The summed E-state index contributed by atoms with van der Waals surface area (Å²) in [5.74, 6) is -0.712. The average molecular weight is 268 g/mol. The Balaban J connectivity index is 2.12. The summed E-state index contributed by atoms with van der Waals surface area (Å²) >= 11 is 0. The molecule has 20 heavy (non-hydrogen) atoms. The van der Waals surface area contributed by atoms with E-state index in [0.717, 1.165) is 16.7 Å². The molecule has 0 spiro atoms. The normalized spacial score (nSPS) is 10.8. The number of rotatable bonds is 2. The van der Waals surface area contributed by atoms with Crippen molar-refractivity contribution in [1.29, 1.82) is 0 Å². The molecular weight excluding hydrogens is 256 g/mol. The maximum absolute atomic E-state index is 10.9. The van der Waals surface area contributed by atoms with Crippen LogP contribution in [0.15, 0.2) is 36.5 Å². The number of hydrogen-bond acceptors (Lipinski definition) is 4. The maximum atomic E-state index is 10.9. The van der Waals surface area contributed by atoms with Crippen LogP contribution in [0.3, 0.4) is 0 Å². The van der Waals surface area contributed by atoms with E-state index in [4.69, 9.17) is 10.8 Å². The number of carboxylic acids is 1. The predicted molar refractivity (Wildman–Crippen MR) is 74.5 cm³/mol. The van der Waals surface area contributed by atoms with Crippen LogP contribution >= 0.6 is 0 Å². The van der Waals surface area contributed by atoms with Crippen molar-refractivity contribution < 1.29 is 9.90 Å². The summed E-state index contributed by atoms with van der Waals surface area (Å²) in [6, 6.07) is 8.60. The lowest BCUT2D eigenvalue weighted by Crippen LogP contribution is -1.96. The second-order valence-electron chi connectivity index (χ2n) is 4.53. The monoisotopic (exact) mass is 268 g/mol. The van der Waals surface area contributed by atoms with Crippen LogP contribution in [-0.4, -0.2) is 25.7 Å². The Bertz CT molecular complexity index is 806. The number of fused-ring (bicyclic) bond motifs is 1. The summed E-state index contributed by atoms with van der Waals surface area (Å²) in [4.78, 5) is 15.0. The topological polar surface area (TPSA) is 93.5 Å². The minimum atomic E-state index is -0.937.